The largest absolute Gasteiger partial charge is 0.493 e. The van der Waals surface area contributed by atoms with E-state index in [1.807, 2.05) is 48.2 Å². The summed E-state index contributed by atoms with van der Waals surface area (Å²) in [6, 6.07) is 13.9. The highest BCUT2D eigenvalue weighted by molar-refractivity contribution is 7.19. The molecule has 3 rings (SSSR count). The van der Waals surface area contributed by atoms with Crippen LogP contribution in [0.25, 0.3) is 10.4 Å². The Balaban J connectivity index is 1.86. The first-order valence-corrected chi connectivity index (χ1v) is 11.5. The summed E-state index contributed by atoms with van der Waals surface area (Å²) in [4.78, 5) is 20.7. The lowest BCUT2D eigenvalue weighted by Gasteiger charge is -2.24. The van der Waals surface area contributed by atoms with Gasteiger partial charge in [0.05, 0.1) is 19.1 Å². The van der Waals surface area contributed by atoms with Crippen molar-refractivity contribution in [2.24, 2.45) is 5.92 Å². The van der Waals surface area contributed by atoms with E-state index in [9.17, 15) is 4.79 Å². The highest BCUT2D eigenvalue weighted by Crippen LogP contribution is 2.33. The van der Waals surface area contributed by atoms with Gasteiger partial charge in [-0.2, -0.15) is 0 Å². The van der Waals surface area contributed by atoms with Gasteiger partial charge >= 0.3 is 0 Å². The monoisotopic (exact) mass is 453 g/mol. The van der Waals surface area contributed by atoms with E-state index in [1.165, 1.54) is 11.3 Å². The van der Waals surface area contributed by atoms with Crippen LogP contribution in [0, 0.1) is 12.8 Å². The minimum absolute atomic E-state index is 0.0939. The van der Waals surface area contributed by atoms with Crippen LogP contribution in [0.15, 0.2) is 42.5 Å². The fraction of sp³-hybridized carbons (Fsp3) is 0.360. The van der Waals surface area contributed by atoms with Crippen LogP contribution in [0.5, 0.6) is 11.5 Å². The van der Waals surface area contributed by atoms with Gasteiger partial charge in [0.2, 0.25) is 0 Å². The van der Waals surface area contributed by atoms with Crippen LogP contribution in [0.3, 0.4) is 0 Å². The number of hydrogen-bond acceptors (Lipinski definition) is 6. The van der Waals surface area contributed by atoms with Crippen LogP contribution in [0.2, 0.25) is 0 Å². The summed E-state index contributed by atoms with van der Waals surface area (Å²) in [7, 11) is 3.24. The first-order chi connectivity index (χ1) is 15.3. The fourth-order valence-electron chi connectivity index (χ4n) is 3.63. The maximum absolute atomic E-state index is 13.6. The topological polar surface area (TPSA) is 77.7 Å². The number of benzene rings is 2. The smallest absolute Gasteiger partial charge is 0.274 e. The number of nitrogens with zero attached hydrogens (tertiary/aromatic N) is 2. The number of hydrogen-bond donors (Lipinski definition) is 1. The molecule has 0 spiro atoms. The summed E-state index contributed by atoms with van der Waals surface area (Å²) in [5, 5.41) is 0.397. The maximum Gasteiger partial charge on any atom is 0.274 e. The number of rotatable bonds is 9. The predicted octanol–water partition coefficient (Wildman–Crippen LogP) is 5.06. The fourth-order valence-corrected chi connectivity index (χ4v) is 4.45. The predicted molar refractivity (Wildman–Crippen MR) is 131 cm³/mol. The van der Waals surface area contributed by atoms with Crippen LogP contribution >= 0.6 is 11.3 Å². The summed E-state index contributed by atoms with van der Waals surface area (Å²) in [5.74, 6) is 1.60. The summed E-state index contributed by atoms with van der Waals surface area (Å²) in [6.45, 7) is 7.44. The van der Waals surface area contributed by atoms with Gasteiger partial charge in [0.15, 0.2) is 16.6 Å². The average molecular weight is 454 g/mol. The number of methoxy groups -OCH3 is 2. The Labute approximate surface area is 194 Å². The molecular formula is C25H31N3O3S. The van der Waals surface area contributed by atoms with Crippen molar-refractivity contribution in [3.63, 3.8) is 0 Å². The van der Waals surface area contributed by atoms with Gasteiger partial charge in [0, 0.05) is 13.1 Å². The number of carbonyl (C=O) groups excluding carboxylic acids is 1. The molecular weight excluding hydrogens is 422 g/mol. The van der Waals surface area contributed by atoms with Crippen LogP contribution in [-0.2, 0) is 6.42 Å². The van der Waals surface area contributed by atoms with E-state index in [4.69, 9.17) is 15.2 Å². The number of anilines is 1. The van der Waals surface area contributed by atoms with Crippen molar-refractivity contribution in [2.75, 3.05) is 33.0 Å². The van der Waals surface area contributed by atoms with Crippen LogP contribution in [0.4, 0.5) is 5.13 Å². The molecule has 2 aromatic carbocycles. The van der Waals surface area contributed by atoms with Crippen molar-refractivity contribution < 1.29 is 14.3 Å². The molecule has 1 heterocycles. The molecule has 1 aromatic heterocycles. The summed E-state index contributed by atoms with van der Waals surface area (Å²) in [5.41, 5.74) is 9.61. The molecule has 0 bridgehead atoms. The molecule has 1 amide bonds. The normalized spacial score (nSPS) is 10.9. The number of nitrogen functional groups attached to an aromatic ring is 1. The Morgan fingerprint density at radius 2 is 1.88 bits per heavy atom. The van der Waals surface area contributed by atoms with Gasteiger partial charge in [0.1, 0.15) is 5.69 Å². The molecule has 0 saturated carbocycles. The quantitative estimate of drug-likeness (QED) is 0.490. The molecule has 0 saturated heterocycles. The van der Waals surface area contributed by atoms with E-state index in [0.717, 1.165) is 21.6 Å². The Hall–Kier alpha value is -3.06. The SMILES string of the molecule is COc1ccc(CCN(CC(C)C)C(=O)c2nc(N)sc2-c2cccc(C)c2)cc1OC. The van der Waals surface area contributed by atoms with E-state index >= 15 is 0 Å². The maximum atomic E-state index is 13.6. The van der Waals surface area contributed by atoms with E-state index < -0.39 is 0 Å². The average Bonchev–Trinajstić information content (AvgIpc) is 3.17. The van der Waals surface area contributed by atoms with E-state index in [1.54, 1.807) is 14.2 Å². The molecule has 0 aliphatic heterocycles. The molecule has 0 radical (unpaired) electrons. The first kappa shape index (κ1) is 23.6. The van der Waals surface area contributed by atoms with Crippen molar-refractivity contribution in [1.82, 2.24) is 9.88 Å². The Morgan fingerprint density at radius 1 is 1.12 bits per heavy atom. The van der Waals surface area contributed by atoms with Gasteiger partial charge < -0.3 is 20.1 Å². The van der Waals surface area contributed by atoms with Crippen LogP contribution in [-0.4, -0.2) is 43.1 Å². The summed E-state index contributed by atoms with van der Waals surface area (Å²) < 4.78 is 10.7. The Kier molecular flexibility index (Phi) is 7.75. The number of ether oxygens (including phenoxy) is 2. The standard InChI is InChI=1S/C25H31N3O3S/c1-16(2)15-28(12-11-18-9-10-20(30-4)21(14-18)31-5)24(29)22-23(32-25(26)27-22)19-8-6-7-17(3)13-19/h6-10,13-14,16H,11-12,15H2,1-5H3,(H2,26,27). The van der Waals surface area contributed by atoms with Crippen molar-refractivity contribution in [3.8, 4) is 21.9 Å². The molecule has 0 fully saturated rings. The van der Waals surface area contributed by atoms with Crippen molar-refractivity contribution in [1.29, 1.82) is 0 Å². The lowest BCUT2D eigenvalue weighted by molar-refractivity contribution is 0.0734. The van der Waals surface area contributed by atoms with E-state index in [0.29, 0.717) is 47.8 Å². The molecule has 170 valence electrons. The summed E-state index contributed by atoms with van der Waals surface area (Å²) in [6.07, 6.45) is 0.693. The van der Waals surface area contributed by atoms with Crippen LogP contribution in [0.1, 0.15) is 35.5 Å². The van der Waals surface area contributed by atoms with Crippen molar-refractivity contribution in [2.45, 2.75) is 27.2 Å². The third-order valence-electron chi connectivity index (χ3n) is 5.12. The first-order valence-electron chi connectivity index (χ1n) is 10.7. The summed E-state index contributed by atoms with van der Waals surface area (Å²) >= 11 is 1.35. The lowest BCUT2D eigenvalue weighted by atomic mass is 10.1. The lowest BCUT2D eigenvalue weighted by Crippen LogP contribution is -2.36. The molecule has 0 atom stereocenters. The van der Waals surface area contributed by atoms with Crippen molar-refractivity contribution in [3.05, 3.63) is 59.3 Å². The van der Waals surface area contributed by atoms with Gasteiger partial charge in [-0.05, 0) is 42.5 Å². The molecule has 0 unspecified atom stereocenters. The minimum atomic E-state index is -0.0939. The number of amides is 1. The zero-order valence-corrected chi connectivity index (χ0v) is 20.2. The molecule has 3 aromatic rings. The number of nitrogens with two attached hydrogens (primary N) is 1. The Morgan fingerprint density at radius 3 is 2.53 bits per heavy atom. The van der Waals surface area contributed by atoms with Gasteiger partial charge in [0.25, 0.3) is 5.91 Å². The highest BCUT2D eigenvalue weighted by Gasteiger charge is 2.24. The molecule has 2 N–H and O–H groups in total. The molecule has 0 aliphatic rings. The minimum Gasteiger partial charge on any atom is -0.493 e. The number of aromatic nitrogens is 1. The van der Waals surface area contributed by atoms with E-state index in [-0.39, 0.29) is 5.91 Å². The number of aryl methyl sites for hydroxylation is 1. The second-order valence-corrected chi connectivity index (χ2v) is 9.21. The van der Waals surface area contributed by atoms with Gasteiger partial charge in [-0.15, -0.1) is 0 Å². The second-order valence-electron chi connectivity index (χ2n) is 8.18. The third-order valence-corrected chi connectivity index (χ3v) is 6.05. The van der Waals surface area contributed by atoms with E-state index in [2.05, 4.69) is 24.9 Å². The molecule has 32 heavy (non-hydrogen) atoms. The molecule has 0 aliphatic carbocycles. The highest BCUT2D eigenvalue weighted by atomic mass is 32.1. The molecule has 6 nitrogen and oxygen atoms in total. The number of carbonyl (C=O) groups is 1. The second kappa shape index (κ2) is 10.5. The van der Waals surface area contributed by atoms with Gasteiger partial charge in [-0.1, -0.05) is 61.1 Å². The van der Waals surface area contributed by atoms with Gasteiger partial charge in [-0.25, -0.2) is 4.98 Å². The third kappa shape index (κ3) is 5.59. The number of thiazole rings is 1. The zero-order chi connectivity index (χ0) is 23.3. The molecule has 7 heteroatoms. The van der Waals surface area contributed by atoms with Crippen LogP contribution < -0.4 is 15.2 Å². The van der Waals surface area contributed by atoms with Gasteiger partial charge in [-0.3, -0.25) is 4.79 Å². The van der Waals surface area contributed by atoms with Crippen molar-refractivity contribution >= 4 is 22.4 Å². The zero-order valence-electron chi connectivity index (χ0n) is 19.3. The Bertz CT molecular complexity index is 1080.